The van der Waals surface area contributed by atoms with Gasteiger partial charge in [0, 0.05) is 6.20 Å². The van der Waals surface area contributed by atoms with Crippen molar-refractivity contribution < 1.29 is 0 Å². The normalized spacial score (nSPS) is 10.6. The van der Waals surface area contributed by atoms with Crippen LogP contribution in [0.1, 0.15) is 25.3 Å². The molecule has 0 aliphatic heterocycles. The van der Waals surface area contributed by atoms with Crippen molar-refractivity contribution in [3.8, 4) is 0 Å². The van der Waals surface area contributed by atoms with Gasteiger partial charge in [-0.05, 0) is 11.5 Å². The molecule has 4 nitrogen and oxygen atoms in total. The largest absolute Gasteiger partial charge is 0.386 e. The van der Waals surface area contributed by atoms with E-state index in [-0.39, 0.29) is 5.84 Å². The maximum Gasteiger partial charge on any atom is 0.113 e. The molecule has 0 radical (unpaired) electrons. The summed E-state index contributed by atoms with van der Waals surface area (Å²) in [7, 11) is 0. The summed E-state index contributed by atoms with van der Waals surface area (Å²) in [5.41, 5.74) is 6.41. The van der Waals surface area contributed by atoms with Crippen LogP contribution in [0.4, 0.5) is 0 Å². The molecule has 0 saturated carbocycles. The highest BCUT2D eigenvalue weighted by Gasteiger charge is 2.02. The molecule has 0 fully saturated rings. The van der Waals surface area contributed by atoms with Crippen molar-refractivity contribution in [1.29, 1.82) is 5.41 Å². The zero-order chi connectivity index (χ0) is 9.14. The number of amidine groups is 1. The monoisotopic (exact) mass is 166 g/mol. The van der Waals surface area contributed by atoms with Gasteiger partial charge in [0.25, 0.3) is 0 Å². The number of hydrogen-bond donors (Lipinski definition) is 2. The maximum absolute atomic E-state index is 7.07. The lowest BCUT2D eigenvalue weighted by molar-refractivity contribution is 0.716. The summed E-state index contributed by atoms with van der Waals surface area (Å²) in [4.78, 5) is 0. The molecule has 1 aromatic rings. The zero-order valence-corrected chi connectivity index (χ0v) is 7.41. The maximum atomic E-state index is 7.07. The van der Waals surface area contributed by atoms with Crippen molar-refractivity contribution in [2.45, 2.75) is 26.3 Å². The second-order valence-corrected chi connectivity index (χ2v) is 3.15. The highest BCUT2D eigenvalue weighted by atomic mass is 15.3. The van der Waals surface area contributed by atoms with Crippen molar-refractivity contribution in [2.75, 3.05) is 0 Å². The predicted octanol–water partition coefficient (Wildman–Crippen LogP) is 0.942. The van der Waals surface area contributed by atoms with Crippen molar-refractivity contribution in [1.82, 2.24) is 9.78 Å². The van der Waals surface area contributed by atoms with Crippen LogP contribution in [-0.2, 0) is 6.54 Å². The highest BCUT2D eigenvalue weighted by molar-refractivity contribution is 5.76. The summed E-state index contributed by atoms with van der Waals surface area (Å²) in [5, 5.41) is 11.1. The van der Waals surface area contributed by atoms with Crippen LogP contribution >= 0.6 is 0 Å². The highest BCUT2D eigenvalue weighted by Crippen LogP contribution is 2.11. The van der Waals surface area contributed by atoms with Crippen molar-refractivity contribution in [3.63, 3.8) is 0 Å². The van der Waals surface area contributed by atoms with Gasteiger partial charge >= 0.3 is 0 Å². The molecular weight excluding hydrogens is 152 g/mol. The number of aromatic nitrogens is 2. The molecule has 12 heavy (non-hydrogen) atoms. The smallest absolute Gasteiger partial charge is 0.113 e. The number of nitrogens with one attached hydrogen (secondary N) is 1. The van der Waals surface area contributed by atoms with Gasteiger partial charge in [0.05, 0.1) is 12.7 Å². The Morgan fingerprint density at radius 3 is 2.83 bits per heavy atom. The van der Waals surface area contributed by atoms with Gasteiger partial charge in [-0.15, -0.1) is 0 Å². The van der Waals surface area contributed by atoms with Crippen molar-refractivity contribution >= 4 is 5.84 Å². The Morgan fingerprint density at radius 2 is 2.42 bits per heavy atom. The number of nitrogens with two attached hydrogens (primary N) is 1. The summed E-state index contributed by atoms with van der Waals surface area (Å²) in [5.74, 6) is 0.610. The van der Waals surface area contributed by atoms with E-state index in [4.69, 9.17) is 11.1 Å². The number of rotatable bonds is 3. The van der Waals surface area contributed by atoms with E-state index < -0.39 is 0 Å². The molecule has 1 heterocycles. The molecule has 3 N–H and O–H groups in total. The van der Waals surface area contributed by atoms with Crippen LogP contribution in [0.5, 0.6) is 0 Å². The standard InChI is InChI=1S/C8H14N4/c1-6(2)7-3-11-12(4-7)5-8(9)10/h3-4,6H,5H2,1-2H3,(H3,9,10). The molecule has 4 heteroatoms. The van der Waals surface area contributed by atoms with Crippen LogP contribution in [0.25, 0.3) is 0 Å². The molecule has 0 saturated heterocycles. The van der Waals surface area contributed by atoms with Crippen LogP contribution in [0.15, 0.2) is 12.4 Å². The lowest BCUT2D eigenvalue weighted by atomic mass is 10.1. The molecular formula is C8H14N4. The molecule has 0 aliphatic rings. The van der Waals surface area contributed by atoms with Crippen molar-refractivity contribution in [2.24, 2.45) is 5.73 Å². The van der Waals surface area contributed by atoms with Crippen LogP contribution in [0.3, 0.4) is 0 Å². The van der Waals surface area contributed by atoms with E-state index in [9.17, 15) is 0 Å². The van der Waals surface area contributed by atoms with E-state index in [1.807, 2.05) is 12.4 Å². The molecule has 0 aliphatic carbocycles. The summed E-state index contributed by atoms with van der Waals surface area (Å²) < 4.78 is 1.68. The van der Waals surface area contributed by atoms with E-state index in [0.717, 1.165) is 0 Å². The van der Waals surface area contributed by atoms with Gasteiger partial charge in [0.15, 0.2) is 0 Å². The third-order valence-corrected chi connectivity index (χ3v) is 1.65. The molecule has 0 bridgehead atoms. The van der Waals surface area contributed by atoms with Gasteiger partial charge in [-0.25, -0.2) is 0 Å². The van der Waals surface area contributed by atoms with E-state index >= 15 is 0 Å². The van der Waals surface area contributed by atoms with Crippen LogP contribution < -0.4 is 5.73 Å². The molecule has 0 unspecified atom stereocenters. The van der Waals surface area contributed by atoms with Gasteiger partial charge in [-0.1, -0.05) is 13.8 Å². The lowest BCUT2D eigenvalue weighted by Gasteiger charge is -1.99. The molecule has 1 rings (SSSR count). The Morgan fingerprint density at radius 1 is 1.75 bits per heavy atom. The molecule has 66 valence electrons. The van der Waals surface area contributed by atoms with Gasteiger partial charge in [0.2, 0.25) is 0 Å². The first-order chi connectivity index (χ1) is 5.59. The van der Waals surface area contributed by atoms with Crippen LogP contribution in [0, 0.1) is 5.41 Å². The van der Waals surface area contributed by atoms with E-state index in [2.05, 4.69) is 18.9 Å². The Kier molecular flexibility index (Phi) is 2.47. The van der Waals surface area contributed by atoms with E-state index in [1.54, 1.807) is 4.68 Å². The first kappa shape index (κ1) is 8.77. The van der Waals surface area contributed by atoms with Gasteiger partial charge in [0.1, 0.15) is 5.84 Å². The summed E-state index contributed by atoms with van der Waals surface area (Å²) in [6, 6.07) is 0. The zero-order valence-electron chi connectivity index (χ0n) is 7.41. The first-order valence-corrected chi connectivity index (χ1v) is 3.95. The summed E-state index contributed by atoms with van der Waals surface area (Å²) in [6.07, 6.45) is 3.74. The SMILES string of the molecule is CC(C)c1cnn(CC(=N)N)c1. The number of nitrogens with zero attached hydrogens (tertiary/aromatic N) is 2. The van der Waals surface area contributed by atoms with E-state index in [1.165, 1.54) is 5.56 Å². The minimum Gasteiger partial charge on any atom is -0.386 e. The second kappa shape index (κ2) is 3.38. The average Bonchev–Trinajstić information content (AvgIpc) is 2.34. The topological polar surface area (TPSA) is 67.7 Å². The van der Waals surface area contributed by atoms with Crippen LogP contribution in [0.2, 0.25) is 0 Å². The summed E-state index contributed by atoms with van der Waals surface area (Å²) >= 11 is 0. The minimum absolute atomic E-state index is 0.133. The van der Waals surface area contributed by atoms with Crippen LogP contribution in [-0.4, -0.2) is 15.6 Å². The fraction of sp³-hybridized carbons (Fsp3) is 0.500. The molecule has 0 aromatic carbocycles. The Balaban J connectivity index is 2.70. The average molecular weight is 166 g/mol. The minimum atomic E-state index is 0.133. The van der Waals surface area contributed by atoms with Gasteiger partial charge in [-0.3, -0.25) is 10.1 Å². The van der Waals surface area contributed by atoms with E-state index in [0.29, 0.717) is 12.5 Å². The van der Waals surface area contributed by atoms with Crippen molar-refractivity contribution in [3.05, 3.63) is 18.0 Å². The third kappa shape index (κ3) is 2.08. The second-order valence-electron chi connectivity index (χ2n) is 3.15. The summed E-state index contributed by atoms with van der Waals surface area (Å²) in [6.45, 7) is 4.59. The molecule has 0 spiro atoms. The predicted molar refractivity (Wildman–Crippen MR) is 48.2 cm³/mol. The fourth-order valence-corrected chi connectivity index (χ4v) is 0.939. The molecule has 1 aromatic heterocycles. The molecule has 0 amide bonds. The van der Waals surface area contributed by atoms with Gasteiger partial charge < -0.3 is 5.73 Å². The Bertz CT molecular complexity index is 274. The first-order valence-electron chi connectivity index (χ1n) is 3.95. The quantitative estimate of drug-likeness (QED) is 0.518. The lowest BCUT2D eigenvalue weighted by Crippen LogP contribution is -2.17. The Hall–Kier alpha value is -1.32. The Labute approximate surface area is 71.9 Å². The fourth-order valence-electron chi connectivity index (χ4n) is 0.939. The molecule has 0 atom stereocenters. The van der Waals surface area contributed by atoms with Gasteiger partial charge in [-0.2, -0.15) is 5.10 Å². The number of hydrogen-bond acceptors (Lipinski definition) is 2. The third-order valence-electron chi connectivity index (χ3n) is 1.65.